The van der Waals surface area contributed by atoms with E-state index in [1.807, 2.05) is 5.16 Å². The summed E-state index contributed by atoms with van der Waals surface area (Å²) in [6.45, 7) is 0. The van der Waals surface area contributed by atoms with E-state index in [4.69, 9.17) is 5.21 Å². The van der Waals surface area contributed by atoms with Crippen LogP contribution in [-0.4, -0.2) is 21.2 Å². The third-order valence-corrected chi connectivity index (χ3v) is 2.85. The van der Waals surface area contributed by atoms with Gasteiger partial charge in [-0.3, -0.25) is 9.42 Å². The van der Waals surface area contributed by atoms with E-state index < -0.39 is 11.4 Å². The predicted molar refractivity (Wildman–Crippen MR) is 63.3 cm³/mol. The smallest absolute Gasteiger partial charge is 0.310 e. The molecule has 94 valence electrons. The summed E-state index contributed by atoms with van der Waals surface area (Å²) in [7, 11) is 0. The number of oxime groups is 1. The van der Waals surface area contributed by atoms with Crippen molar-refractivity contribution in [2.75, 3.05) is 0 Å². The van der Waals surface area contributed by atoms with Crippen molar-refractivity contribution in [1.29, 1.82) is 0 Å². The highest BCUT2D eigenvalue weighted by Gasteiger charge is 2.15. The van der Waals surface area contributed by atoms with E-state index in [9.17, 15) is 9.18 Å². The fraction of sp³-hybridized carbons (Fsp3) is 0.100. The molecule has 0 radical (unpaired) electrons. The lowest BCUT2D eigenvalue weighted by molar-refractivity contribution is 0.301. The maximum atomic E-state index is 13.0. The van der Waals surface area contributed by atoms with Gasteiger partial charge < -0.3 is 5.21 Å². The number of rotatable bonds is 3. The van der Waals surface area contributed by atoms with Gasteiger partial charge in [0.1, 0.15) is 11.5 Å². The summed E-state index contributed by atoms with van der Waals surface area (Å²) in [6, 6.07) is 4.30. The molecule has 0 amide bonds. The lowest BCUT2D eigenvalue weighted by Crippen LogP contribution is -2.16. The first-order valence-corrected chi connectivity index (χ1v) is 5.60. The summed E-state index contributed by atoms with van der Waals surface area (Å²) in [6.07, 6.45) is 0.116. The molecule has 0 aliphatic heterocycles. The molecule has 8 heteroatoms. The van der Waals surface area contributed by atoms with Crippen molar-refractivity contribution in [1.82, 2.24) is 10.3 Å². The minimum atomic E-state index is -0.594. The third-order valence-electron chi connectivity index (χ3n) is 2.24. The molecule has 0 aliphatic rings. The van der Waals surface area contributed by atoms with Crippen molar-refractivity contribution in [3.8, 4) is 0 Å². The number of halogens is 2. The van der Waals surface area contributed by atoms with Crippen molar-refractivity contribution in [3.05, 3.63) is 50.1 Å². The number of hydrogen-bond acceptors (Lipinski definition) is 5. The van der Waals surface area contributed by atoms with Gasteiger partial charge in [-0.1, -0.05) is 11.2 Å². The van der Waals surface area contributed by atoms with E-state index in [-0.39, 0.29) is 22.3 Å². The largest absolute Gasteiger partial charge is 0.411 e. The Balaban J connectivity index is 2.30. The number of H-pyrrole nitrogens is 1. The molecular weight excluding hydrogens is 309 g/mol. The van der Waals surface area contributed by atoms with Crippen LogP contribution in [0.25, 0.3) is 0 Å². The van der Waals surface area contributed by atoms with Crippen LogP contribution in [0.2, 0.25) is 0 Å². The molecule has 1 aromatic carbocycles. The van der Waals surface area contributed by atoms with Crippen molar-refractivity contribution in [3.63, 3.8) is 0 Å². The lowest BCUT2D eigenvalue weighted by Gasteiger charge is -2.02. The lowest BCUT2D eigenvalue weighted by atomic mass is 10.1. The maximum Gasteiger partial charge on any atom is 0.310 e. The van der Waals surface area contributed by atoms with Gasteiger partial charge in [-0.05, 0) is 38.8 Å². The van der Waals surface area contributed by atoms with Crippen LogP contribution in [0.5, 0.6) is 0 Å². The van der Waals surface area contributed by atoms with Crippen LogP contribution in [0.3, 0.4) is 0 Å². The molecular formula is C10H7BrFN3O3. The molecule has 0 saturated carbocycles. The van der Waals surface area contributed by atoms with E-state index >= 15 is 0 Å². The first kappa shape index (κ1) is 12.5. The van der Waals surface area contributed by atoms with Gasteiger partial charge in [0.15, 0.2) is 5.69 Å². The van der Waals surface area contributed by atoms with Crippen LogP contribution in [0.4, 0.5) is 4.39 Å². The molecule has 2 N–H and O–H groups in total. The number of nitrogens with zero attached hydrogens (tertiary/aromatic N) is 2. The molecule has 0 saturated heterocycles. The summed E-state index contributed by atoms with van der Waals surface area (Å²) < 4.78 is 17.7. The highest BCUT2D eigenvalue weighted by Crippen LogP contribution is 2.17. The van der Waals surface area contributed by atoms with Crippen molar-refractivity contribution >= 4 is 21.6 Å². The SMILES string of the molecule is O=c1[nH]onc1/C(Cc1ccc(F)c(Br)c1)=N/O. The van der Waals surface area contributed by atoms with Crippen molar-refractivity contribution in [2.45, 2.75) is 6.42 Å². The van der Waals surface area contributed by atoms with Gasteiger partial charge in [0.25, 0.3) is 0 Å². The Hall–Kier alpha value is -1.96. The summed E-state index contributed by atoms with van der Waals surface area (Å²) in [5.74, 6) is -0.402. The molecule has 0 unspecified atom stereocenters. The fourth-order valence-corrected chi connectivity index (χ4v) is 1.82. The second kappa shape index (κ2) is 5.13. The topological polar surface area (TPSA) is 91.5 Å². The van der Waals surface area contributed by atoms with Gasteiger partial charge in [0, 0.05) is 6.42 Å². The normalized spacial score (nSPS) is 11.8. The molecule has 2 aromatic rings. The summed E-state index contributed by atoms with van der Waals surface area (Å²) in [4.78, 5) is 11.3. The zero-order valence-corrected chi connectivity index (χ0v) is 10.4. The number of nitrogens with one attached hydrogen (secondary N) is 1. The van der Waals surface area contributed by atoms with E-state index in [1.54, 1.807) is 0 Å². The molecule has 2 rings (SSSR count). The Bertz CT molecular complexity index is 650. The standard InChI is InChI=1S/C10H7BrFN3O3/c11-6-3-5(1-2-7(6)12)4-8(13-17)9-10(16)15-18-14-9/h1-3,17H,4H2,(H,15,16)/b13-8+. The van der Waals surface area contributed by atoms with E-state index in [2.05, 4.69) is 30.9 Å². The molecule has 1 aromatic heterocycles. The third kappa shape index (κ3) is 2.48. The van der Waals surface area contributed by atoms with E-state index in [0.717, 1.165) is 0 Å². The van der Waals surface area contributed by atoms with Gasteiger partial charge >= 0.3 is 5.56 Å². The second-order valence-corrected chi connectivity index (χ2v) is 4.29. The summed E-state index contributed by atoms with van der Waals surface area (Å²) >= 11 is 3.04. The van der Waals surface area contributed by atoms with Gasteiger partial charge in [0.2, 0.25) is 0 Å². The first-order valence-electron chi connectivity index (χ1n) is 4.81. The van der Waals surface area contributed by atoms with Crippen LogP contribution in [0, 0.1) is 5.82 Å². The Morgan fingerprint density at radius 1 is 1.61 bits per heavy atom. The van der Waals surface area contributed by atoms with Crippen LogP contribution < -0.4 is 5.56 Å². The van der Waals surface area contributed by atoms with Crippen LogP contribution >= 0.6 is 15.9 Å². The maximum absolute atomic E-state index is 13.0. The van der Waals surface area contributed by atoms with Crippen molar-refractivity contribution in [2.24, 2.45) is 5.16 Å². The molecule has 0 atom stereocenters. The van der Waals surface area contributed by atoms with E-state index in [1.165, 1.54) is 18.2 Å². The quantitative estimate of drug-likeness (QED) is 0.512. The second-order valence-electron chi connectivity index (χ2n) is 3.43. The molecule has 0 fully saturated rings. The summed E-state index contributed by atoms with van der Waals surface area (Å²) in [5.41, 5.74) is -0.0242. The van der Waals surface area contributed by atoms with Gasteiger partial charge in [-0.25, -0.2) is 4.39 Å². The fourth-order valence-electron chi connectivity index (χ4n) is 1.39. The molecule has 6 nitrogen and oxygen atoms in total. The van der Waals surface area contributed by atoms with Crippen LogP contribution in [0.15, 0.2) is 37.3 Å². The average molecular weight is 316 g/mol. The Kier molecular flexibility index (Phi) is 3.56. The minimum absolute atomic E-state index is 0.0310. The number of benzene rings is 1. The number of aromatic nitrogens is 2. The Morgan fingerprint density at radius 3 is 2.94 bits per heavy atom. The van der Waals surface area contributed by atoms with Crippen LogP contribution in [-0.2, 0) is 6.42 Å². The number of aromatic amines is 1. The number of hydrogen-bond donors (Lipinski definition) is 2. The highest BCUT2D eigenvalue weighted by molar-refractivity contribution is 9.10. The Morgan fingerprint density at radius 2 is 2.39 bits per heavy atom. The monoisotopic (exact) mass is 315 g/mol. The Labute approximate surface area is 108 Å². The first-order chi connectivity index (χ1) is 8.61. The molecule has 0 aliphatic carbocycles. The van der Waals surface area contributed by atoms with Crippen molar-refractivity contribution < 1.29 is 14.2 Å². The summed E-state index contributed by atoms with van der Waals surface area (Å²) in [5, 5.41) is 17.3. The zero-order valence-electron chi connectivity index (χ0n) is 8.85. The molecule has 0 bridgehead atoms. The van der Waals surface area contributed by atoms with Gasteiger partial charge in [-0.15, -0.1) is 0 Å². The average Bonchev–Trinajstić information content (AvgIpc) is 2.77. The molecule has 1 heterocycles. The zero-order chi connectivity index (χ0) is 13.1. The van der Waals surface area contributed by atoms with Gasteiger partial charge in [-0.2, -0.15) is 5.16 Å². The molecule has 18 heavy (non-hydrogen) atoms. The minimum Gasteiger partial charge on any atom is -0.411 e. The molecule has 0 spiro atoms. The van der Waals surface area contributed by atoms with Crippen LogP contribution in [0.1, 0.15) is 11.3 Å². The predicted octanol–water partition coefficient (Wildman–Crippen LogP) is 1.69. The van der Waals surface area contributed by atoms with E-state index in [0.29, 0.717) is 5.56 Å². The van der Waals surface area contributed by atoms with Gasteiger partial charge in [0.05, 0.1) is 4.47 Å². The highest BCUT2D eigenvalue weighted by atomic mass is 79.9.